The third kappa shape index (κ3) is 0.839. The number of nitriles is 1. The third-order valence-corrected chi connectivity index (χ3v) is 1.69. The van der Waals surface area contributed by atoms with Crippen LogP contribution in [-0.2, 0) is 7.05 Å². The Balaban J connectivity index is 2.82. The van der Waals surface area contributed by atoms with E-state index in [-0.39, 0.29) is 0 Å². The van der Waals surface area contributed by atoms with Gasteiger partial charge < -0.3 is 4.57 Å². The van der Waals surface area contributed by atoms with Crippen LogP contribution in [0, 0.1) is 11.3 Å². The van der Waals surface area contributed by atoms with Gasteiger partial charge in [0, 0.05) is 13.2 Å². The summed E-state index contributed by atoms with van der Waals surface area (Å²) in [5.74, 6) is 0. The summed E-state index contributed by atoms with van der Waals surface area (Å²) < 4.78 is 1.84. The zero-order valence-electron chi connectivity index (χ0n) is 6.52. The van der Waals surface area contributed by atoms with Gasteiger partial charge in [0.1, 0.15) is 11.6 Å². The van der Waals surface area contributed by atoms with Crippen LogP contribution in [0.15, 0.2) is 18.5 Å². The maximum absolute atomic E-state index is 8.56. The van der Waals surface area contributed by atoms with Crippen molar-refractivity contribution < 1.29 is 0 Å². The molecule has 0 aromatic carbocycles. The minimum Gasteiger partial charge on any atom is -0.334 e. The van der Waals surface area contributed by atoms with E-state index in [0.29, 0.717) is 5.69 Å². The van der Waals surface area contributed by atoms with E-state index in [0.717, 1.165) is 11.2 Å². The Kier molecular flexibility index (Phi) is 1.31. The van der Waals surface area contributed by atoms with Gasteiger partial charge in [-0.25, -0.2) is 9.97 Å². The molecule has 2 aromatic rings. The number of rotatable bonds is 0. The topological polar surface area (TPSA) is 54.5 Å². The molecule has 0 aliphatic carbocycles. The molecule has 0 saturated heterocycles. The zero-order valence-corrected chi connectivity index (χ0v) is 6.52. The lowest BCUT2D eigenvalue weighted by Crippen LogP contribution is -1.91. The summed E-state index contributed by atoms with van der Waals surface area (Å²) in [7, 11) is 1.87. The van der Waals surface area contributed by atoms with Gasteiger partial charge in [0.15, 0.2) is 11.3 Å². The minimum absolute atomic E-state index is 0.351. The normalized spacial score (nSPS) is 10.0. The minimum atomic E-state index is 0.351. The van der Waals surface area contributed by atoms with Gasteiger partial charge in [-0.05, 0) is 6.07 Å². The maximum atomic E-state index is 8.56. The lowest BCUT2D eigenvalue weighted by Gasteiger charge is -1.93. The highest BCUT2D eigenvalue weighted by atomic mass is 15.0. The first-order chi connectivity index (χ1) is 5.81. The molecule has 2 aromatic heterocycles. The molecule has 4 nitrogen and oxygen atoms in total. The second-order valence-electron chi connectivity index (χ2n) is 2.50. The lowest BCUT2D eigenvalue weighted by atomic mass is 10.4. The second-order valence-corrected chi connectivity index (χ2v) is 2.50. The molecule has 0 N–H and O–H groups in total. The Morgan fingerprint density at radius 1 is 1.58 bits per heavy atom. The second kappa shape index (κ2) is 2.31. The molecule has 2 heterocycles. The number of aryl methyl sites for hydroxylation is 1. The van der Waals surface area contributed by atoms with Gasteiger partial charge in [-0.3, -0.25) is 0 Å². The van der Waals surface area contributed by atoms with E-state index >= 15 is 0 Å². The number of nitrogens with zero attached hydrogens (tertiary/aromatic N) is 4. The highest BCUT2D eigenvalue weighted by Crippen LogP contribution is 2.08. The molecule has 0 atom stereocenters. The molecule has 12 heavy (non-hydrogen) atoms. The molecule has 0 spiro atoms. The van der Waals surface area contributed by atoms with Gasteiger partial charge in [0.2, 0.25) is 0 Å². The van der Waals surface area contributed by atoms with Crippen LogP contribution in [0.4, 0.5) is 0 Å². The van der Waals surface area contributed by atoms with Crippen molar-refractivity contribution in [2.75, 3.05) is 0 Å². The van der Waals surface area contributed by atoms with Crippen molar-refractivity contribution in [3.63, 3.8) is 0 Å². The van der Waals surface area contributed by atoms with Crippen molar-refractivity contribution in [3.05, 3.63) is 24.2 Å². The molecule has 0 fully saturated rings. The molecule has 0 aliphatic rings. The lowest BCUT2D eigenvalue weighted by molar-refractivity contribution is 0.943. The van der Waals surface area contributed by atoms with Gasteiger partial charge in [0.25, 0.3) is 0 Å². The van der Waals surface area contributed by atoms with Gasteiger partial charge in [-0.2, -0.15) is 5.26 Å². The first-order valence-electron chi connectivity index (χ1n) is 3.49. The van der Waals surface area contributed by atoms with E-state index in [4.69, 9.17) is 5.26 Å². The average molecular weight is 158 g/mol. The van der Waals surface area contributed by atoms with E-state index < -0.39 is 0 Å². The molecule has 0 aliphatic heterocycles. The average Bonchev–Trinajstić information content (AvgIpc) is 2.47. The van der Waals surface area contributed by atoms with Crippen molar-refractivity contribution in [1.82, 2.24) is 14.5 Å². The summed E-state index contributed by atoms with van der Waals surface area (Å²) in [6.07, 6.45) is 3.34. The Morgan fingerprint density at radius 3 is 3.17 bits per heavy atom. The Morgan fingerprint density at radius 2 is 2.42 bits per heavy atom. The molecule has 58 valence electrons. The molecular weight excluding hydrogens is 152 g/mol. The molecule has 0 unspecified atom stereocenters. The number of aromatic nitrogens is 3. The standard InChI is InChI=1S/C8H6N4/c1-12-3-2-7-8(12)11-6(4-9)5-10-7/h2-3,5H,1H3. The number of fused-ring (bicyclic) bond motifs is 1. The summed E-state index contributed by atoms with van der Waals surface area (Å²) in [6, 6.07) is 3.81. The summed E-state index contributed by atoms with van der Waals surface area (Å²) in [6.45, 7) is 0. The van der Waals surface area contributed by atoms with Crippen LogP contribution in [0.3, 0.4) is 0 Å². The van der Waals surface area contributed by atoms with Crippen LogP contribution >= 0.6 is 0 Å². The monoisotopic (exact) mass is 158 g/mol. The molecule has 0 radical (unpaired) electrons. The molecule has 4 heteroatoms. The van der Waals surface area contributed by atoms with Crippen LogP contribution < -0.4 is 0 Å². The quantitative estimate of drug-likeness (QED) is 0.570. The van der Waals surface area contributed by atoms with Crippen molar-refractivity contribution >= 4 is 11.2 Å². The zero-order chi connectivity index (χ0) is 8.55. The van der Waals surface area contributed by atoms with E-state index in [1.807, 2.05) is 29.9 Å². The van der Waals surface area contributed by atoms with Crippen molar-refractivity contribution in [2.45, 2.75) is 0 Å². The summed E-state index contributed by atoms with van der Waals surface area (Å²) in [5.41, 5.74) is 1.91. The van der Waals surface area contributed by atoms with Gasteiger partial charge in [-0.1, -0.05) is 0 Å². The number of hydrogen-bond acceptors (Lipinski definition) is 3. The largest absolute Gasteiger partial charge is 0.334 e. The van der Waals surface area contributed by atoms with E-state index in [2.05, 4.69) is 9.97 Å². The van der Waals surface area contributed by atoms with Gasteiger partial charge in [0.05, 0.1) is 6.20 Å². The predicted molar refractivity (Wildman–Crippen MR) is 43.2 cm³/mol. The fourth-order valence-corrected chi connectivity index (χ4v) is 1.07. The Labute approximate surface area is 69.1 Å². The van der Waals surface area contributed by atoms with Crippen LogP contribution in [0.5, 0.6) is 0 Å². The van der Waals surface area contributed by atoms with Crippen LogP contribution in [0.2, 0.25) is 0 Å². The van der Waals surface area contributed by atoms with Crippen LogP contribution in [0.25, 0.3) is 11.2 Å². The van der Waals surface area contributed by atoms with E-state index in [1.54, 1.807) is 0 Å². The predicted octanol–water partition coefficient (Wildman–Crippen LogP) is 0.840. The van der Waals surface area contributed by atoms with Crippen LogP contribution in [0.1, 0.15) is 5.69 Å². The van der Waals surface area contributed by atoms with Crippen LogP contribution in [-0.4, -0.2) is 14.5 Å². The molecule has 0 amide bonds. The summed E-state index contributed by atoms with van der Waals surface area (Å²) in [5, 5.41) is 8.56. The third-order valence-electron chi connectivity index (χ3n) is 1.69. The Bertz CT molecular complexity index is 463. The van der Waals surface area contributed by atoms with Gasteiger partial charge in [-0.15, -0.1) is 0 Å². The first kappa shape index (κ1) is 6.80. The molecular formula is C8H6N4. The maximum Gasteiger partial charge on any atom is 0.161 e. The van der Waals surface area contributed by atoms with E-state index in [1.165, 1.54) is 6.20 Å². The Hall–Kier alpha value is -1.89. The highest BCUT2D eigenvalue weighted by Gasteiger charge is 2.01. The van der Waals surface area contributed by atoms with Crippen molar-refractivity contribution in [2.24, 2.45) is 7.05 Å². The molecule has 2 rings (SSSR count). The van der Waals surface area contributed by atoms with Crippen molar-refractivity contribution in [3.8, 4) is 6.07 Å². The first-order valence-corrected chi connectivity index (χ1v) is 3.49. The van der Waals surface area contributed by atoms with Gasteiger partial charge >= 0.3 is 0 Å². The fraction of sp³-hybridized carbons (Fsp3) is 0.125. The molecule has 0 saturated carbocycles. The smallest absolute Gasteiger partial charge is 0.161 e. The molecule has 0 bridgehead atoms. The van der Waals surface area contributed by atoms with E-state index in [9.17, 15) is 0 Å². The summed E-state index contributed by atoms with van der Waals surface area (Å²) in [4.78, 5) is 8.16. The summed E-state index contributed by atoms with van der Waals surface area (Å²) >= 11 is 0. The number of hydrogen-bond donors (Lipinski definition) is 0. The SMILES string of the molecule is Cn1ccc2ncc(C#N)nc21. The van der Waals surface area contributed by atoms with Crippen molar-refractivity contribution in [1.29, 1.82) is 5.26 Å². The highest BCUT2D eigenvalue weighted by molar-refractivity contribution is 5.71. The fourth-order valence-electron chi connectivity index (χ4n) is 1.07.